The topological polar surface area (TPSA) is 15.3 Å². The summed E-state index contributed by atoms with van der Waals surface area (Å²) in [5.74, 6) is 0. The summed E-state index contributed by atoms with van der Waals surface area (Å²) in [6, 6.07) is 9.12. The molecule has 0 aliphatic carbocycles. The lowest BCUT2D eigenvalue weighted by atomic mass is 10.0. The van der Waals surface area contributed by atoms with Crippen LogP contribution in [0, 0.1) is 6.92 Å². The van der Waals surface area contributed by atoms with Gasteiger partial charge < -0.3 is 10.2 Å². The molecule has 1 N–H and O–H groups in total. The molecule has 1 unspecified atom stereocenters. The minimum absolute atomic E-state index is 0.442. The van der Waals surface area contributed by atoms with Crippen LogP contribution in [0.1, 0.15) is 37.4 Å². The van der Waals surface area contributed by atoms with Gasteiger partial charge in [-0.3, -0.25) is 0 Å². The van der Waals surface area contributed by atoms with E-state index in [1.165, 1.54) is 17.5 Å². The van der Waals surface area contributed by atoms with Gasteiger partial charge in [0, 0.05) is 12.6 Å². The molecule has 0 spiro atoms. The standard InChI is InChI=1S/C15H26N2/c1-5-11-17(4)12-15(16-6-2)14-10-8-7-9-13(14)3/h7-10,15-16H,5-6,11-12H2,1-4H3. The van der Waals surface area contributed by atoms with Gasteiger partial charge in [-0.1, -0.05) is 38.1 Å². The molecule has 0 fully saturated rings. The second-order valence-electron chi connectivity index (χ2n) is 4.73. The van der Waals surface area contributed by atoms with Crippen molar-refractivity contribution in [1.82, 2.24) is 10.2 Å². The Bertz CT molecular complexity index is 322. The largest absolute Gasteiger partial charge is 0.309 e. The fourth-order valence-electron chi connectivity index (χ4n) is 2.28. The van der Waals surface area contributed by atoms with Gasteiger partial charge in [0.1, 0.15) is 0 Å². The Morgan fingerprint density at radius 1 is 1.24 bits per heavy atom. The summed E-state index contributed by atoms with van der Waals surface area (Å²) in [5, 5.41) is 3.59. The summed E-state index contributed by atoms with van der Waals surface area (Å²) in [6.07, 6.45) is 1.21. The first-order valence-corrected chi connectivity index (χ1v) is 6.66. The van der Waals surface area contributed by atoms with Crippen molar-refractivity contribution in [3.8, 4) is 0 Å². The second kappa shape index (κ2) is 7.46. The van der Waals surface area contributed by atoms with Crippen LogP contribution in [0.2, 0.25) is 0 Å². The van der Waals surface area contributed by atoms with Crippen LogP contribution in [-0.2, 0) is 0 Å². The molecule has 0 saturated heterocycles. The molecule has 0 radical (unpaired) electrons. The van der Waals surface area contributed by atoms with Crippen LogP contribution in [0.3, 0.4) is 0 Å². The highest BCUT2D eigenvalue weighted by molar-refractivity contribution is 5.29. The average Bonchev–Trinajstić information content (AvgIpc) is 2.29. The molecule has 1 rings (SSSR count). The van der Waals surface area contributed by atoms with E-state index in [0.717, 1.165) is 19.6 Å². The number of nitrogens with zero attached hydrogens (tertiary/aromatic N) is 1. The van der Waals surface area contributed by atoms with Crippen LogP contribution in [0.4, 0.5) is 0 Å². The maximum atomic E-state index is 3.59. The zero-order valence-electron chi connectivity index (χ0n) is 11.7. The fraction of sp³-hybridized carbons (Fsp3) is 0.600. The zero-order valence-corrected chi connectivity index (χ0v) is 11.7. The van der Waals surface area contributed by atoms with Crippen molar-refractivity contribution < 1.29 is 0 Å². The lowest BCUT2D eigenvalue weighted by molar-refractivity contribution is 0.292. The molecule has 0 heterocycles. The van der Waals surface area contributed by atoms with E-state index >= 15 is 0 Å². The van der Waals surface area contributed by atoms with Gasteiger partial charge in [0.05, 0.1) is 0 Å². The lowest BCUT2D eigenvalue weighted by Crippen LogP contribution is -2.33. The number of rotatable bonds is 7. The highest BCUT2D eigenvalue weighted by Gasteiger charge is 2.13. The smallest absolute Gasteiger partial charge is 0.0451 e. The summed E-state index contributed by atoms with van der Waals surface area (Å²) >= 11 is 0. The predicted octanol–water partition coefficient (Wildman–Crippen LogP) is 2.99. The number of benzene rings is 1. The molecular weight excluding hydrogens is 208 g/mol. The Kier molecular flexibility index (Phi) is 6.23. The van der Waals surface area contributed by atoms with Crippen molar-refractivity contribution in [3.63, 3.8) is 0 Å². The van der Waals surface area contributed by atoms with Crippen LogP contribution in [-0.4, -0.2) is 31.6 Å². The first-order chi connectivity index (χ1) is 8.19. The molecule has 2 nitrogen and oxygen atoms in total. The van der Waals surface area contributed by atoms with Crippen LogP contribution < -0.4 is 5.32 Å². The molecule has 0 aliphatic heterocycles. The van der Waals surface area contributed by atoms with Gasteiger partial charge >= 0.3 is 0 Å². The van der Waals surface area contributed by atoms with Crippen molar-refractivity contribution in [2.75, 3.05) is 26.7 Å². The third-order valence-electron chi connectivity index (χ3n) is 3.11. The van der Waals surface area contributed by atoms with E-state index in [9.17, 15) is 0 Å². The van der Waals surface area contributed by atoms with E-state index in [2.05, 4.69) is 62.3 Å². The Labute approximate surface area is 106 Å². The van der Waals surface area contributed by atoms with Crippen LogP contribution in [0.25, 0.3) is 0 Å². The van der Waals surface area contributed by atoms with Crippen LogP contribution >= 0.6 is 0 Å². The molecular formula is C15H26N2. The quantitative estimate of drug-likeness (QED) is 0.780. The monoisotopic (exact) mass is 234 g/mol. The minimum Gasteiger partial charge on any atom is -0.309 e. The lowest BCUT2D eigenvalue weighted by Gasteiger charge is -2.26. The van der Waals surface area contributed by atoms with Crippen LogP contribution in [0.5, 0.6) is 0 Å². The van der Waals surface area contributed by atoms with E-state index in [-0.39, 0.29) is 0 Å². The summed E-state index contributed by atoms with van der Waals surface area (Å²) in [6.45, 7) is 9.84. The summed E-state index contributed by atoms with van der Waals surface area (Å²) in [7, 11) is 2.20. The first-order valence-electron chi connectivity index (χ1n) is 6.66. The molecule has 0 amide bonds. The molecule has 0 saturated carbocycles. The third kappa shape index (κ3) is 4.49. The van der Waals surface area contributed by atoms with E-state index in [0.29, 0.717) is 6.04 Å². The summed E-state index contributed by atoms with van der Waals surface area (Å²) in [5.41, 5.74) is 2.81. The Morgan fingerprint density at radius 3 is 2.53 bits per heavy atom. The third-order valence-corrected chi connectivity index (χ3v) is 3.11. The molecule has 96 valence electrons. The first kappa shape index (κ1) is 14.2. The highest BCUT2D eigenvalue weighted by atomic mass is 15.1. The van der Waals surface area contributed by atoms with Crippen LogP contribution in [0.15, 0.2) is 24.3 Å². The Hall–Kier alpha value is -0.860. The van der Waals surface area contributed by atoms with Gasteiger partial charge in [0.2, 0.25) is 0 Å². The van der Waals surface area contributed by atoms with Gasteiger partial charge in [-0.05, 0) is 44.6 Å². The van der Waals surface area contributed by atoms with Crippen molar-refractivity contribution in [3.05, 3.63) is 35.4 Å². The molecule has 0 bridgehead atoms. The number of nitrogens with one attached hydrogen (secondary N) is 1. The maximum Gasteiger partial charge on any atom is 0.0451 e. The van der Waals surface area contributed by atoms with Crippen molar-refractivity contribution in [2.24, 2.45) is 0 Å². The molecule has 1 atom stereocenters. The second-order valence-corrected chi connectivity index (χ2v) is 4.73. The summed E-state index contributed by atoms with van der Waals surface area (Å²) in [4.78, 5) is 2.40. The van der Waals surface area contributed by atoms with E-state index < -0.39 is 0 Å². The SMILES string of the molecule is CCCN(C)CC(NCC)c1ccccc1C. The number of hydrogen-bond acceptors (Lipinski definition) is 2. The molecule has 1 aromatic carbocycles. The van der Waals surface area contributed by atoms with Gasteiger partial charge in [-0.25, -0.2) is 0 Å². The van der Waals surface area contributed by atoms with Crippen molar-refractivity contribution in [1.29, 1.82) is 0 Å². The Balaban J connectivity index is 2.75. The highest BCUT2D eigenvalue weighted by Crippen LogP contribution is 2.18. The van der Waals surface area contributed by atoms with Gasteiger partial charge in [-0.2, -0.15) is 0 Å². The van der Waals surface area contributed by atoms with Gasteiger partial charge in [-0.15, -0.1) is 0 Å². The van der Waals surface area contributed by atoms with E-state index in [4.69, 9.17) is 0 Å². The molecule has 0 aliphatic rings. The van der Waals surface area contributed by atoms with Gasteiger partial charge in [0.25, 0.3) is 0 Å². The number of aryl methyl sites for hydroxylation is 1. The van der Waals surface area contributed by atoms with E-state index in [1.54, 1.807) is 0 Å². The number of likely N-dealkylation sites (N-methyl/N-ethyl adjacent to an activating group) is 2. The fourth-order valence-corrected chi connectivity index (χ4v) is 2.28. The average molecular weight is 234 g/mol. The summed E-state index contributed by atoms with van der Waals surface area (Å²) < 4.78 is 0. The van der Waals surface area contributed by atoms with E-state index in [1.807, 2.05) is 0 Å². The van der Waals surface area contributed by atoms with Crippen molar-refractivity contribution in [2.45, 2.75) is 33.2 Å². The molecule has 1 aromatic rings. The number of hydrogen-bond donors (Lipinski definition) is 1. The normalized spacial score (nSPS) is 13.0. The minimum atomic E-state index is 0.442. The maximum absolute atomic E-state index is 3.59. The molecule has 0 aromatic heterocycles. The van der Waals surface area contributed by atoms with Crippen molar-refractivity contribution >= 4 is 0 Å². The zero-order chi connectivity index (χ0) is 12.7. The predicted molar refractivity (Wildman–Crippen MR) is 75.4 cm³/mol. The molecule has 2 heteroatoms. The Morgan fingerprint density at radius 2 is 1.94 bits per heavy atom. The van der Waals surface area contributed by atoms with Gasteiger partial charge in [0.15, 0.2) is 0 Å². The molecule has 17 heavy (non-hydrogen) atoms.